The summed E-state index contributed by atoms with van der Waals surface area (Å²) in [4.78, 5) is 42.1. The molecule has 8 rings (SSSR count). The molecular formula is C54H91N3O42. The summed E-state index contributed by atoms with van der Waals surface area (Å²) in [6, 6.07) is -5.52. The van der Waals surface area contributed by atoms with Crippen molar-refractivity contribution in [3.63, 3.8) is 0 Å². The molecule has 0 aliphatic carbocycles. The normalized spacial score (nSPS) is 49.2. The molecule has 45 heteroatoms. The zero-order valence-electron chi connectivity index (χ0n) is 52.8. The van der Waals surface area contributed by atoms with Crippen molar-refractivity contribution in [2.75, 3.05) is 52.9 Å². The second kappa shape index (κ2) is 35.8. The molecule has 0 aromatic heterocycles. The van der Waals surface area contributed by atoms with Gasteiger partial charge in [0.2, 0.25) is 17.7 Å². The van der Waals surface area contributed by atoms with Crippen LogP contribution in [0.2, 0.25) is 0 Å². The largest absolute Gasteiger partial charge is 0.394 e. The summed E-state index contributed by atoms with van der Waals surface area (Å²) in [5, 5.41) is 258. The molecule has 574 valence electrons. The average Bonchev–Trinajstić information content (AvgIpc) is 0.775. The third kappa shape index (κ3) is 18.0. The van der Waals surface area contributed by atoms with E-state index in [2.05, 4.69) is 20.8 Å². The molecule has 40 atom stereocenters. The highest BCUT2D eigenvalue weighted by Crippen LogP contribution is 2.39. The van der Waals surface area contributed by atoms with Crippen LogP contribution in [0.1, 0.15) is 20.8 Å². The predicted molar refractivity (Wildman–Crippen MR) is 301 cm³/mol. The van der Waals surface area contributed by atoms with Crippen molar-refractivity contribution in [2.45, 2.75) is 266 Å². The van der Waals surface area contributed by atoms with E-state index in [0.29, 0.717) is 0 Å². The van der Waals surface area contributed by atoms with E-state index < -0.39 is 316 Å². The fraction of sp³-hybridized carbons (Fsp3) is 0.944. The SMILES string of the molecule is CC(=O)N[C@@H]1[C@@H](O)[C@H](O[C@@H]2O[C@H](CO[C@H]3O[C@H](CO)[C@@H](O)[C@H](O)[C@@H]3O[C@@H]3O[C@H](CO)[C@@H](O[C@@H]4O[C@H](CO)[C@H](O)[C@H](O)[C@H]4O)[C@H](O)[C@H]3NC(C)=O)[C@@H](O)[C@H](O[C@H]3O[C@H](CO)[C@@H](O)[C@H](O)[C@@H]3O[C@@H]3O[C@H](CO)[C@@H](O[C@@H]4O[C@H](CO)[C@H](O)[C@H](O)[C@H]4O)[C@H](O)[C@H]3NC(C)=O)[C@@H]2O)[C@@H](COO)O[C@H]1O. The second-order valence-corrected chi connectivity index (χ2v) is 24.7. The molecule has 8 aliphatic rings. The molecule has 0 radical (unpaired) electrons. The number of carbonyl (C=O) groups excluding carboxylic acids is 3. The molecule has 8 saturated heterocycles. The maximum Gasteiger partial charge on any atom is 0.217 e. The number of amides is 3. The molecule has 8 heterocycles. The first-order valence-corrected chi connectivity index (χ1v) is 31.3. The minimum atomic E-state index is -2.48. The third-order valence-electron chi connectivity index (χ3n) is 17.9. The molecule has 3 amide bonds. The maximum absolute atomic E-state index is 12.8. The van der Waals surface area contributed by atoms with E-state index in [-0.39, 0.29) is 0 Å². The van der Waals surface area contributed by atoms with Gasteiger partial charge >= 0.3 is 0 Å². The van der Waals surface area contributed by atoms with Crippen LogP contribution in [0, 0.1) is 0 Å². The van der Waals surface area contributed by atoms with Gasteiger partial charge in [-0.15, -0.1) is 0 Å². The molecule has 0 spiro atoms. The molecule has 8 fully saturated rings. The van der Waals surface area contributed by atoms with E-state index in [1.807, 2.05) is 0 Å². The fourth-order valence-electron chi connectivity index (χ4n) is 12.6. The van der Waals surface area contributed by atoms with E-state index in [0.717, 1.165) is 20.8 Å². The number of nitrogens with one attached hydrogen (secondary N) is 3. The zero-order valence-corrected chi connectivity index (χ0v) is 52.8. The second-order valence-electron chi connectivity index (χ2n) is 24.7. The van der Waals surface area contributed by atoms with Crippen LogP contribution in [0.25, 0.3) is 0 Å². The van der Waals surface area contributed by atoms with Crippen LogP contribution in [0.4, 0.5) is 0 Å². The maximum atomic E-state index is 12.8. The number of hydrogen-bond acceptors (Lipinski definition) is 42. The summed E-state index contributed by atoms with van der Waals surface area (Å²) in [5.41, 5.74) is 0. The number of hydrogen-bond donors (Lipinski definition) is 26. The van der Waals surface area contributed by atoms with Crippen LogP contribution >= 0.6 is 0 Å². The highest BCUT2D eigenvalue weighted by molar-refractivity contribution is 5.74. The van der Waals surface area contributed by atoms with Crippen LogP contribution in [0.15, 0.2) is 0 Å². The van der Waals surface area contributed by atoms with E-state index >= 15 is 0 Å². The summed E-state index contributed by atoms with van der Waals surface area (Å²) >= 11 is 0. The minimum Gasteiger partial charge on any atom is -0.394 e. The number of rotatable bonds is 26. The van der Waals surface area contributed by atoms with Crippen molar-refractivity contribution >= 4 is 17.7 Å². The van der Waals surface area contributed by atoms with Crippen LogP contribution in [0.3, 0.4) is 0 Å². The summed E-state index contributed by atoms with van der Waals surface area (Å²) in [5.74, 6) is -2.67. The number of aliphatic hydroxyl groups is 22. The van der Waals surface area contributed by atoms with Gasteiger partial charge in [-0.3, -0.25) is 19.6 Å². The summed E-state index contributed by atoms with van der Waals surface area (Å²) < 4.78 is 87.9. The number of ether oxygens (including phenoxy) is 15. The number of carbonyl (C=O) groups is 3. The van der Waals surface area contributed by atoms with Crippen LogP contribution in [0.5, 0.6) is 0 Å². The average molecular weight is 1450 g/mol. The van der Waals surface area contributed by atoms with Crippen molar-refractivity contribution < 1.29 is 208 Å². The van der Waals surface area contributed by atoms with Gasteiger partial charge in [-0.2, -0.15) is 0 Å². The first-order chi connectivity index (χ1) is 46.9. The van der Waals surface area contributed by atoms with Gasteiger partial charge in [-0.05, 0) is 0 Å². The quantitative estimate of drug-likeness (QED) is 0.0282. The Morgan fingerprint density at radius 1 is 0.283 bits per heavy atom. The lowest BCUT2D eigenvalue weighted by Crippen LogP contribution is -2.70. The van der Waals surface area contributed by atoms with Gasteiger partial charge in [0.05, 0.1) is 46.2 Å². The monoisotopic (exact) mass is 1450 g/mol. The minimum absolute atomic E-state index is 0.842. The van der Waals surface area contributed by atoms with Crippen LogP contribution in [-0.2, 0) is 90.3 Å². The van der Waals surface area contributed by atoms with Crippen LogP contribution in [-0.4, -0.2) is 434 Å². The van der Waals surface area contributed by atoms with Crippen molar-refractivity contribution in [1.82, 2.24) is 16.0 Å². The Labute approximate surface area is 559 Å². The Bertz CT molecular complexity index is 2530. The molecule has 0 aromatic rings. The Kier molecular flexibility index (Phi) is 29.4. The van der Waals surface area contributed by atoms with Gasteiger partial charge in [0, 0.05) is 20.8 Å². The Morgan fingerprint density at radius 2 is 0.596 bits per heavy atom. The molecule has 99 heavy (non-hydrogen) atoms. The topological polar surface area (TPSA) is 700 Å². The van der Waals surface area contributed by atoms with Crippen molar-refractivity contribution in [1.29, 1.82) is 0 Å². The third-order valence-corrected chi connectivity index (χ3v) is 17.9. The zero-order chi connectivity index (χ0) is 72.9. The van der Waals surface area contributed by atoms with Gasteiger partial charge in [0.15, 0.2) is 50.3 Å². The van der Waals surface area contributed by atoms with Crippen molar-refractivity contribution in [3.8, 4) is 0 Å². The van der Waals surface area contributed by atoms with Crippen molar-refractivity contribution in [3.05, 3.63) is 0 Å². The molecule has 45 nitrogen and oxygen atoms in total. The van der Waals surface area contributed by atoms with E-state index in [1.165, 1.54) is 0 Å². The molecule has 0 unspecified atom stereocenters. The highest BCUT2D eigenvalue weighted by Gasteiger charge is 2.60. The Hall–Kier alpha value is -3.15. The van der Waals surface area contributed by atoms with Crippen molar-refractivity contribution in [2.24, 2.45) is 0 Å². The van der Waals surface area contributed by atoms with E-state index in [9.17, 15) is 132 Å². The van der Waals surface area contributed by atoms with Gasteiger partial charge in [-0.1, -0.05) is 0 Å². The molecule has 0 bridgehead atoms. The first kappa shape index (κ1) is 81.5. The van der Waals surface area contributed by atoms with Gasteiger partial charge in [0.25, 0.3) is 0 Å². The molecule has 0 saturated carbocycles. The summed E-state index contributed by atoms with van der Waals surface area (Å²) in [6.07, 6.45) is -75.6. The lowest BCUT2D eigenvalue weighted by molar-refractivity contribution is -0.399. The van der Waals surface area contributed by atoms with E-state index in [1.54, 1.807) is 0 Å². The van der Waals surface area contributed by atoms with Gasteiger partial charge in [0.1, 0.15) is 202 Å². The number of aliphatic hydroxyl groups excluding tert-OH is 22. The first-order valence-electron chi connectivity index (χ1n) is 31.3. The molecule has 0 aromatic carbocycles. The summed E-state index contributed by atoms with van der Waals surface area (Å²) in [6.45, 7) is -5.43. The van der Waals surface area contributed by atoms with Gasteiger partial charge in [-0.25, -0.2) is 4.89 Å². The Morgan fingerprint density at radius 3 is 1.00 bits per heavy atom. The lowest BCUT2D eigenvalue weighted by Gasteiger charge is -2.51. The lowest BCUT2D eigenvalue weighted by atomic mass is 9.94. The van der Waals surface area contributed by atoms with E-state index in [4.69, 9.17) is 71.1 Å². The molecular weight excluding hydrogens is 1360 g/mol. The smallest absolute Gasteiger partial charge is 0.217 e. The Balaban J connectivity index is 1.11. The predicted octanol–water partition coefficient (Wildman–Crippen LogP) is -17.5. The molecule has 26 N–H and O–H groups in total. The standard InChI is InChI=1S/C54H91N3O42/c1-12(64)55-23-31(72)43(22(11-85-83)86-47(23)82)96-52-40(81)44(97-54-46(37(78)29(70)18(7-61)90-54)99-49-25(57-14(3)66)33(74)42(20(9-63)92-49)95-51-39(80)35(76)27(68)16(5-59)88-51)30(71)21(93-52)10-84-53-45(36(77)28(69)17(6-60)89-53)98-48-24(56-13(2)65)32(73)41(19(8-62)91-48)94-50-38(79)34(75)26(67)15(4-58)87-50/h15-54,58-63,67-83H,4-11H2,1-3H3,(H,55,64)(H,56,65)(H,57,66)/t15-,16-,17-,18-,19-,20-,21-,22-,23-,24-,25-,26+,27+,28-,29-,30-,31-,32-,33-,34+,35+,36+,37+,38-,39-,40+,41-,42-,43-,44+,45+,46+,47-,48+,49+,50+,51+,52+,53+,54-/m1/s1. The molecule has 8 aliphatic heterocycles. The highest BCUT2D eigenvalue weighted by atomic mass is 17.1. The summed E-state index contributed by atoms with van der Waals surface area (Å²) in [7, 11) is 0. The van der Waals surface area contributed by atoms with Crippen LogP contribution < -0.4 is 16.0 Å². The fourth-order valence-corrected chi connectivity index (χ4v) is 12.6. The van der Waals surface area contributed by atoms with Gasteiger partial charge < -0.3 is 199 Å².